The minimum atomic E-state index is 0.154. The molecule has 4 atom stereocenters. The first kappa shape index (κ1) is 10.2. The fourth-order valence-corrected chi connectivity index (χ4v) is 3.11. The molecule has 1 heterocycles. The summed E-state index contributed by atoms with van der Waals surface area (Å²) >= 11 is 0. The van der Waals surface area contributed by atoms with Crippen LogP contribution in [0.4, 0.5) is 0 Å². The van der Waals surface area contributed by atoms with Gasteiger partial charge in [0.05, 0.1) is 6.04 Å². The van der Waals surface area contributed by atoms with E-state index in [1.165, 1.54) is 19.3 Å². The van der Waals surface area contributed by atoms with Crippen LogP contribution in [0.5, 0.6) is 0 Å². The Morgan fingerprint density at radius 3 is 2.71 bits per heavy atom. The van der Waals surface area contributed by atoms with Gasteiger partial charge in [0, 0.05) is 0 Å². The average molecular weight is 195 g/mol. The Balaban J connectivity index is 1.96. The molecular weight excluding hydrogens is 174 g/mol. The Morgan fingerprint density at radius 1 is 1.21 bits per heavy atom. The standard InChI is InChI=1S/C12H21NO/c1-8-3-4-10-7-13-12(9(2)14)6-11(10)5-8/h8,10-13H,3-7H2,1-2H3. The van der Waals surface area contributed by atoms with Crippen LogP contribution in [-0.4, -0.2) is 18.4 Å². The van der Waals surface area contributed by atoms with E-state index in [-0.39, 0.29) is 6.04 Å². The molecule has 0 aromatic rings. The van der Waals surface area contributed by atoms with Gasteiger partial charge in [0.15, 0.2) is 0 Å². The van der Waals surface area contributed by atoms with E-state index in [0.29, 0.717) is 5.78 Å². The molecular formula is C12H21NO. The van der Waals surface area contributed by atoms with Gasteiger partial charge >= 0.3 is 0 Å². The topological polar surface area (TPSA) is 29.1 Å². The van der Waals surface area contributed by atoms with E-state index in [9.17, 15) is 4.79 Å². The molecule has 0 spiro atoms. The van der Waals surface area contributed by atoms with Gasteiger partial charge in [-0.15, -0.1) is 0 Å². The molecule has 2 heteroatoms. The molecule has 2 fully saturated rings. The maximum absolute atomic E-state index is 11.3. The normalized spacial score (nSPS) is 43.0. The Hall–Kier alpha value is -0.370. The zero-order valence-corrected chi connectivity index (χ0v) is 9.25. The molecule has 2 nitrogen and oxygen atoms in total. The van der Waals surface area contributed by atoms with Crippen molar-refractivity contribution in [1.29, 1.82) is 0 Å². The first-order valence-electron chi connectivity index (χ1n) is 5.90. The first-order valence-corrected chi connectivity index (χ1v) is 5.90. The van der Waals surface area contributed by atoms with Gasteiger partial charge in [0.25, 0.3) is 0 Å². The summed E-state index contributed by atoms with van der Waals surface area (Å²) in [6, 6.07) is 0.154. The monoisotopic (exact) mass is 195 g/mol. The molecule has 1 saturated heterocycles. The number of carbonyl (C=O) groups excluding carboxylic acids is 1. The summed E-state index contributed by atoms with van der Waals surface area (Å²) in [5.41, 5.74) is 0. The number of piperidine rings is 1. The van der Waals surface area contributed by atoms with Gasteiger partial charge in [-0.3, -0.25) is 4.79 Å². The highest BCUT2D eigenvalue weighted by atomic mass is 16.1. The van der Waals surface area contributed by atoms with E-state index in [1.54, 1.807) is 6.92 Å². The zero-order valence-electron chi connectivity index (χ0n) is 9.25. The third-order valence-corrected chi connectivity index (χ3v) is 4.06. The van der Waals surface area contributed by atoms with Gasteiger partial charge in [-0.1, -0.05) is 13.3 Å². The van der Waals surface area contributed by atoms with Crippen LogP contribution >= 0.6 is 0 Å². The number of carbonyl (C=O) groups is 1. The van der Waals surface area contributed by atoms with Crippen LogP contribution in [0.1, 0.15) is 39.5 Å². The van der Waals surface area contributed by atoms with E-state index in [1.807, 2.05) is 0 Å². The predicted molar refractivity (Wildman–Crippen MR) is 57.1 cm³/mol. The largest absolute Gasteiger partial charge is 0.307 e. The van der Waals surface area contributed by atoms with Gasteiger partial charge in [-0.25, -0.2) is 0 Å². The molecule has 2 rings (SSSR count). The summed E-state index contributed by atoms with van der Waals surface area (Å²) in [5, 5.41) is 3.38. The van der Waals surface area contributed by atoms with Gasteiger partial charge in [0.1, 0.15) is 5.78 Å². The van der Waals surface area contributed by atoms with Crippen molar-refractivity contribution in [3.8, 4) is 0 Å². The van der Waals surface area contributed by atoms with Crippen LogP contribution in [0.3, 0.4) is 0 Å². The Kier molecular flexibility index (Phi) is 2.91. The summed E-state index contributed by atoms with van der Waals surface area (Å²) in [6.07, 6.45) is 5.18. The first-order chi connectivity index (χ1) is 6.66. The second kappa shape index (κ2) is 4.01. The molecule has 1 N–H and O–H groups in total. The Morgan fingerprint density at radius 2 is 2.00 bits per heavy atom. The smallest absolute Gasteiger partial charge is 0.146 e. The number of Topliss-reactive ketones (excluding diaryl/α,β-unsaturated/α-hetero) is 1. The summed E-state index contributed by atoms with van der Waals surface area (Å²) in [5.74, 6) is 2.86. The van der Waals surface area contributed by atoms with Crippen molar-refractivity contribution in [3.63, 3.8) is 0 Å². The fourth-order valence-electron chi connectivity index (χ4n) is 3.11. The minimum Gasteiger partial charge on any atom is -0.307 e. The van der Waals surface area contributed by atoms with Gasteiger partial charge in [0.2, 0.25) is 0 Å². The molecule has 0 bridgehead atoms. The van der Waals surface area contributed by atoms with Crippen molar-refractivity contribution in [2.75, 3.05) is 6.54 Å². The quantitative estimate of drug-likeness (QED) is 0.693. The highest BCUT2D eigenvalue weighted by Gasteiger charge is 2.35. The summed E-state index contributed by atoms with van der Waals surface area (Å²) in [7, 11) is 0. The van der Waals surface area contributed by atoms with Crippen LogP contribution in [0.15, 0.2) is 0 Å². The van der Waals surface area contributed by atoms with Crippen LogP contribution in [0.25, 0.3) is 0 Å². The average Bonchev–Trinajstić information content (AvgIpc) is 2.16. The number of fused-ring (bicyclic) bond motifs is 1. The predicted octanol–water partition coefficient (Wildman–Crippen LogP) is 1.99. The highest BCUT2D eigenvalue weighted by molar-refractivity contribution is 5.81. The molecule has 0 amide bonds. The number of hydrogen-bond acceptors (Lipinski definition) is 2. The van der Waals surface area contributed by atoms with Crippen molar-refractivity contribution in [1.82, 2.24) is 5.32 Å². The maximum Gasteiger partial charge on any atom is 0.146 e. The highest BCUT2D eigenvalue weighted by Crippen LogP contribution is 2.38. The number of ketones is 1. The molecule has 1 aliphatic heterocycles. The molecule has 2 aliphatic rings. The number of rotatable bonds is 1. The lowest BCUT2D eigenvalue weighted by atomic mass is 9.70. The van der Waals surface area contributed by atoms with Crippen molar-refractivity contribution in [3.05, 3.63) is 0 Å². The zero-order chi connectivity index (χ0) is 10.1. The van der Waals surface area contributed by atoms with Gasteiger partial charge < -0.3 is 5.32 Å². The Bertz CT molecular complexity index is 226. The van der Waals surface area contributed by atoms with Crippen LogP contribution in [0, 0.1) is 17.8 Å². The van der Waals surface area contributed by atoms with E-state index in [0.717, 1.165) is 30.7 Å². The SMILES string of the molecule is CC(=O)C1CC2CC(C)CCC2CN1. The van der Waals surface area contributed by atoms with E-state index < -0.39 is 0 Å². The van der Waals surface area contributed by atoms with Crippen LogP contribution in [0.2, 0.25) is 0 Å². The molecule has 1 saturated carbocycles. The van der Waals surface area contributed by atoms with Crippen molar-refractivity contribution >= 4 is 5.78 Å². The molecule has 0 radical (unpaired) electrons. The minimum absolute atomic E-state index is 0.154. The van der Waals surface area contributed by atoms with Crippen LogP contribution in [-0.2, 0) is 4.79 Å². The third-order valence-electron chi connectivity index (χ3n) is 4.06. The van der Waals surface area contributed by atoms with Gasteiger partial charge in [-0.2, -0.15) is 0 Å². The number of hydrogen-bond donors (Lipinski definition) is 1. The van der Waals surface area contributed by atoms with E-state index in [4.69, 9.17) is 0 Å². The van der Waals surface area contributed by atoms with Crippen LogP contribution < -0.4 is 5.32 Å². The molecule has 4 unspecified atom stereocenters. The molecule has 0 aromatic heterocycles. The van der Waals surface area contributed by atoms with Crippen molar-refractivity contribution < 1.29 is 4.79 Å². The van der Waals surface area contributed by atoms with Crippen molar-refractivity contribution in [2.45, 2.75) is 45.6 Å². The summed E-state index contributed by atoms with van der Waals surface area (Å²) in [6.45, 7) is 5.13. The van der Waals surface area contributed by atoms with Crippen molar-refractivity contribution in [2.24, 2.45) is 17.8 Å². The summed E-state index contributed by atoms with van der Waals surface area (Å²) in [4.78, 5) is 11.3. The molecule has 1 aliphatic carbocycles. The van der Waals surface area contributed by atoms with E-state index >= 15 is 0 Å². The second-order valence-electron chi connectivity index (χ2n) is 5.25. The lowest BCUT2D eigenvalue weighted by Crippen LogP contribution is -2.48. The van der Waals surface area contributed by atoms with Gasteiger partial charge in [-0.05, 0) is 50.5 Å². The molecule has 80 valence electrons. The molecule has 14 heavy (non-hydrogen) atoms. The van der Waals surface area contributed by atoms with E-state index in [2.05, 4.69) is 12.2 Å². The fraction of sp³-hybridized carbons (Fsp3) is 0.917. The maximum atomic E-state index is 11.3. The Labute approximate surface area is 86.5 Å². The molecule has 0 aromatic carbocycles. The summed E-state index contributed by atoms with van der Waals surface area (Å²) < 4.78 is 0. The second-order valence-corrected chi connectivity index (χ2v) is 5.25. The number of nitrogens with one attached hydrogen (secondary N) is 1. The lowest BCUT2D eigenvalue weighted by Gasteiger charge is -2.41. The third kappa shape index (κ3) is 2.00. The lowest BCUT2D eigenvalue weighted by molar-refractivity contribution is -0.120.